The molecule has 25 heavy (non-hydrogen) atoms. The van der Waals surface area contributed by atoms with E-state index >= 15 is 0 Å². The van der Waals surface area contributed by atoms with Crippen molar-refractivity contribution in [3.05, 3.63) is 84.3 Å². The average molecular weight is 332 g/mol. The molecule has 5 heteroatoms. The van der Waals surface area contributed by atoms with Gasteiger partial charge in [0.1, 0.15) is 17.8 Å². The molecule has 126 valence electrons. The molecule has 0 fully saturated rings. The maximum absolute atomic E-state index is 12.8. The van der Waals surface area contributed by atoms with Gasteiger partial charge in [-0.25, -0.2) is 9.97 Å². The van der Waals surface area contributed by atoms with E-state index in [1.807, 2.05) is 67.6 Å². The Morgan fingerprint density at radius 3 is 2.36 bits per heavy atom. The lowest BCUT2D eigenvalue weighted by molar-refractivity contribution is 0.0983. The summed E-state index contributed by atoms with van der Waals surface area (Å²) < 4.78 is 0. The largest absolute Gasteiger partial charge is 0.366 e. The van der Waals surface area contributed by atoms with Crippen molar-refractivity contribution in [3.8, 4) is 0 Å². The Morgan fingerprint density at radius 2 is 1.68 bits per heavy atom. The number of hydrogen-bond acceptors (Lipinski definition) is 4. The first-order chi connectivity index (χ1) is 12.3. The molecule has 0 saturated carbocycles. The first-order valence-electron chi connectivity index (χ1n) is 8.24. The van der Waals surface area contributed by atoms with E-state index in [9.17, 15) is 4.79 Å². The molecule has 0 saturated heterocycles. The van der Waals surface area contributed by atoms with Gasteiger partial charge in [0.05, 0.1) is 0 Å². The van der Waals surface area contributed by atoms with Crippen LogP contribution < -0.4 is 10.2 Å². The number of carbonyl (C=O) groups is 1. The molecule has 0 unspecified atom stereocenters. The SMILES string of the molecule is CCN(C(=O)c1cc(NCc2ccccc2)ncn1)c1ccccc1. The summed E-state index contributed by atoms with van der Waals surface area (Å²) in [4.78, 5) is 22.9. The molecule has 3 rings (SSSR count). The Hall–Kier alpha value is -3.21. The fourth-order valence-electron chi connectivity index (χ4n) is 2.55. The van der Waals surface area contributed by atoms with E-state index in [2.05, 4.69) is 15.3 Å². The third-order valence-corrected chi connectivity index (χ3v) is 3.83. The first-order valence-corrected chi connectivity index (χ1v) is 8.24. The Labute approximate surface area is 147 Å². The second-order valence-corrected chi connectivity index (χ2v) is 5.51. The summed E-state index contributed by atoms with van der Waals surface area (Å²) in [5, 5.41) is 3.23. The van der Waals surface area contributed by atoms with E-state index in [1.54, 1.807) is 11.0 Å². The van der Waals surface area contributed by atoms with Crippen molar-refractivity contribution in [1.29, 1.82) is 0 Å². The summed E-state index contributed by atoms with van der Waals surface area (Å²) in [6, 6.07) is 21.3. The maximum atomic E-state index is 12.8. The van der Waals surface area contributed by atoms with Crippen molar-refractivity contribution >= 4 is 17.4 Å². The van der Waals surface area contributed by atoms with Crippen LogP contribution in [0.1, 0.15) is 23.0 Å². The molecule has 0 bridgehead atoms. The van der Waals surface area contributed by atoms with Crippen LogP contribution in [-0.2, 0) is 6.54 Å². The summed E-state index contributed by atoms with van der Waals surface area (Å²) >= 11 is 0. The van der Waals surface area contributed by atoms with E-state index in [1.165, 1.54) is 6.33 Å². The number of para-hydroxylation sites is 1. The molecule has 1 amide bonds. The smallest absolute Gasteiger partial charge is 0.277 e. The van der Waals surface area contributed by atoms with Gasteiger partial charge in [-0.1, -0.05) is 48.5 Å². The predicted molar refractivity (Wildman–Crippen MR) is 99.6 cm³/mol. The van der Waals surface area contributed by atoms with E-state index in [0.29, 0.717) is 24.6 Å². The van der Waals surface area contributed by atoms with Crippen LogP contribution in [0.4, 0.5) is 11.5 Å². The molecule has 1 N–H and O–H groups in total. The first kappa shape index (κ1) is 16.6. The molecule has 1 heterocycles. The van der Waals surface area contributed by atoms with E-state index in [-0.39, 0.29) is 5.91 Å². The standard InChI is InChI=1S/C20H20N4O/c1-2-24(17-11-7-4-8-12-17)20(25)18-13-19(23-15-22-18)21-14-16-9-5-3-6-10-16/h3-13,15H,2,14H2,1H3,(H,21,22,23). The minimum atomic E-state index is -0.140. The van der Waals surface area contributed by atoms with Gasteiger partial charge in [-0.15, -0.1) is 0 Å². The third kappa shape index (κ3) is 4.20. The van der Waals surface area contributed by atoms with E-state index in [0.717, 1.165) is 11.3 Å². The van der Waals surface area contributed by atoms with Crippen molar-refractivity contribution in [2.75, 3.05) is 16.8 Å². The van der Waals surface area contributed by atoms with Crippen LogP contribution in [-0.4, -0.2) is 22.4 Å². The van der Waals surface area contributed by atoms with Crippen LogP contribution in [0.3, 0.4) is 0 Å². The van der Waals surface area contributed by atoms with Gasteiger partial charge in [-0.05, 0) is 24.6 Å². The van der Waals surface area contributed by atoms with Gasteiger partial charge in [0.2, 0.25) is 0 Å². The van der Waals surface area contributed by atoms with Gasteiger partial charge in [-0.3, -0.25) is 4.79 Å². The van der Waals surface area contributed by atoms with Crippen LogP contribution in [0, 0.1) is 0 Å². The molecule has 5 nitrogen and oxygen atoms in total. The van der Waals surface area contributed by atoms with Gasteiger partial charge in [0, 0.05) is 24.8 Å². The molecule has 0 aliphatic rings. The molecule has 0 aliphatic heterocycles. The number of anilines is 2. The molecule has 1 aromatic heterocycles. The lowest BCUT2D eigenvalue weighted by Gasteiger charge is -2.20. The second-order valence-electron chi connectivity index (χ2n) is 5.51. The third-order valence-electron chi connectivity index (χ3n) is 3.83. The van der Waals surface area contributed by atoms with Gasteiger partial charge in [0.15, 0.2) is 0 Å². The van der Waals surface area contributed by atoms with Gasteiger partial charge >= 0.3 is 0 Å². The molecule has 3 aromatic rings. The zero-order valence-electron chi connectivity index (χ0n) is 14.1. The number of benzene rings is 2. The number of nitrogens with zero attached hydrogens (tertiary/aromatic N) is 3. The van der Waals surface area contributed by atoms with Crippen molar-refractivity contribution in [1.82, 2.24) is 9.97 Å². The number of amides is 1. The molecule has 0 spiro atoms. The maximum Gasteiger partial charge on any atom is 0.277 e. The summed E-state index contributed by atoms with van der Waals surface area (Å²) in [6.07, 6.45) is 1.42. The summed E-state index contributed by atoms with van der Waals surface area (Å²) in [7, 11) is 0. The quantitative estimate of drug-likeness (QED) is 0.747. The molecule has 0 radical (unpaired) electrons. The van der Waals surface area contributed by atoms with Crippen LogP contribution in [0.15, 0.2) is 73.1 Å². The van der Waals surface area contributed by atoms with Gasteiger partial charge < -0.3 is 10.2 Å². The van der Waals surface area contributed by atoms with Crippen molar-refractivity contribution in [2.45, 2.75) is 13.5 Å². The number of carbonyl (C=O) groups excluding carboxylic acids is 1. The summed E-state index contributed by atoms with van der Waals surface area (Å²) in [5.41, 5.74) is 2.37. The van der Waals surface area contributed by atoms with Crippen LogP contribution in [0.5, 0.6) is 0 Å². The number of aromatic nitrogens is 2. The lowest BCUT2D eigenvalue weighted by Crippen LogP contribution is -2.31. The van der Waals surface area contributed by atoms with E-state index < -0.39 is 0 Å². The Bertz CT molecular complexity index is 821. The molecular formula is C20H20N4O. The Morgan fingerprint density at radius 1 is 1.00 bits per heavy atom. The molecule has 2 aromatic carbocycles. The predicted octanol–water partition coefficient (Wildman–Crippen LogP) is 3.76. The topological polar surface area (TPSA) is 58.1 Å². The summed E-state index contributed by atoms with van der Waals surface area (Å²) in [6.45, 7) is 3.15. The van der Waals surface area contributed by atoms with Gasteiger partial charge in [-0.2, -0.15) is 0 Å². The Balaban J connectivity index is 1.75. The molecular weight excluding hydrogens is 312 g/mol. The zero-order chi connectivity index (χ0) is 17.5. The fourth-order valence-corrected chi connectivity index (χ4v) is 2.55. The highest BCUT2D eigenvalue weighted by molar-refractivity contribution is 6.05. The fraction of sp³-hybridized carbons (Fsp3) is 0.150. The van der Waals surface area contributed by atoms with Crippen LogP contribution in [0.2, 0.25) is 0 Å². The lowest BCUT2D eigenvalue weighted by atomic mass is 10.2. The minimum Gasteiger partial charge on any atom is -0.366 e. The number of rotatable bonds is 6. The van der Waals surface area contributed by atoms with Crippen LogP contribution >= 0.6 is 0 Å². The molecule has 0 aliphatic carbocycles. The highest BCUT2D eigenvalue weighted by Crippen LogP contribution is 2.16. The van der Waals surface area contributed by atoms with E-state index in [4.69, 9.17) is 0 Å². The monoisotopic (exact) mass is 332 g/mol. The normalized spacial score (nSPS) is 10.3. The highest BCUT2D eigenvalue weighted by Gasteiger charge is 2.17. The average Bonchev–Trinajstić information content (AvgIpc) is 2.69. The number of hydrogen-bond donors (Lipinski definition) is 1. The minimum absolute atomic E-state index is 0.140. The molecule has 0 atom stereocenters. The number of nitrogens with one attached hydrogen (secondary N) is 1. The highest BCUT2D eigenvalue weighted by atomic mass is 16.2. The van der Waals surface area contributed by atoms with Crippen molar-refractivity contribution < 1.29 is 4.79 Å². The van der Waals surface area contributed by atoms with Gasteiger partial charge in [0.25, 0.3) is 5.91 Å². The van der Waals surface area contributed by atoms with Crippen LogP contribution in [0.25, 0.3) is 0 Å². The second kappa shape index (κ2) is 8.06. The van der Waals surface area contributed by atoms with Crippen molar-refractivity contribution in [2.24, 2.45) is 0 Å². The van der Waals surface area contributed by atoms with Crippen molar-refractivity contribution in [3.63, 3.8) is 0 Å². The Kier molecular flexibility index (Phi) is 5.36. The zero-order valence-corrected chi connectivity index (χ0v) is 14.1. The summed E-state index contributed by atoms with van der Waals surface area (Å²) in [5.74, 6) is 0.491.